The molecule has 0 heterocycles. The topological polar surface area (TPSA) is 9.23 Å². The Balaban J connectivity index is 0. The molecule has 0 spiro atoms. The predicted molar refractivity (Wildman–Crippen MR) is 87.5 cm³/mol. The Morgan fingerprint density at radius 3 is 0.947 bits per heavy atom. The van der Waals surface area contributed by atoms with E-state index in [2.05, 4.69) is 53.3 Å². The van der Waals surface area contributed by atoms with Crippen LogP contribution in [-0.4, -0.2) is 14.2 Å². The molecule has 2 aromatic rings. The van der Waals surface area contributed by atoms with E-state index in [9.17, 15) is 0 Å². The molecule has 0 saturated carbocycles. The largest absolute Gasteiger partial charge is 0.388 e. The Hall–Kier alpha value is -1.60. The number of hydrogen-bond acceptors (Lipinski definition) is 1. The van der Waals surface area contributed by atoms with E-state index in [1.807, 2.05) is 39.8 Å². The third kappa shape index (κ3) is 10.0. The van der Waals surface area contributed by atoms with E-state index in [4.69, 9.17) is 0 Å². The SMILES string of the molecule is CC.CC.COC.c1ccc(-c2ccccc2)cc1. The van der Waals surface area contributed by atoms with Crippen molar-refractivity contribution < 1.29 is 4.74 Å². The standard InChI is InChI=1S/C12H10.C2H6O.2C2H6/c1-3-7-11(8-4-1)12-9-5-2-6-10-12;1-3-2;2*1-2/h1-10H;1-2H3;2*1-2H3. The van der Waals surface area contributed by atoms with Crippen LogP contribution in [-0.2, 0) is 4.74 Å². The average molecular weight is 260 g/mol. The van der Waals surface area contributed by atoms with Gasteiger partial charge in [-0.2, -0.15) is 0 Å². The van der Waals surface area contributed by atoms with Gasteiger partial charge < -0.3 is 4.74 Å². The number of ether oxygens (including phenoxy) is 1. The predicted octanol–water partition coefficient (Wildman–Crippen LogP) is 5.67. The summed E-state index contributed by atoms with van der Waals surface area (Å²) in [4.78, 5) is 0. The lowest BCUT2D eigenvalue weighted by molar-refractivity contribution is 0.277. The fourth-order valence-corrected chi connectivity index (χ4v) is 1.26. The maximum atomic E-state index is 4.25. The van der Waals surface area contributed by atoms with Gasteiger partial charge in [0.15, 0.2) is 0 Å². The molecule has 0 aliphatic rings. The van der Waals surface area contributed by atoms with Gasteiger partial charge in [-0.05, 0) is 11.1 Å². The number of hydrogen-bond donors (Lipinski definition) is 0. The highest BCUT2D eigenvalue weighted by Gasteiger charge is 1.91. The van der Waals surface area contributed by atoms with Crippen molar-refractivity contribution in [1.29, 1.82) is 0 Å². The molecule has 106 valence electrons. The minimum Gasteiger partial charge on any atom is -0.388 e. The monoisotopic (exact) mass is 260 g/mol. The smallest absolute Gasteiger partial charge is 0.0351 e. The molecule has 0 aliphatic heterocycles. The molecule has 19 heavy (non-hydrogen) atoms. The van der Waals surface area contributed by atoms with Crippen molar-refractivity contribution >= 4 is 0 Å². The second-order valence-electron chi connectivity index (χ2n) is 3.14. The zero-order valence-corrected chi connectivity index (χ0v) is 13.2. The van der Waals surface area contributed by atoms with Gasteiger partial charge in [0, 0.05) is 14.2 Å². The second kappa shape index (κ2) is 16.4. The van der Waals surface area contributed by atoms with Crippen molar-refractivity contribution in [2.75, 3.05) is 14.2 Å². The summed E-state index contributed by atoms with van der Waals surface area (Å²) in [6, 6.07) is 20.8. The molecule has 1 heteroatoms. The fourth-order valence-electron chi connectivity index (χ4n) is 1.26. The van der Waals surface area contributed by atoms with Crippen LogP contribution < -0.4 is 0 Å². The zero-order valence-electron chi connectivity index (χ0n) is 13.2. The zero-order chi connectivity index (χ0) is 14.9. The van der Waals surface area contributed by atoms with Gasteiger partial charge in [0.05, 0.1) is 0 Å². The molecular formula is C18H28O. The molecule has 0 saturated heterocycles. The van der Waals surface area contributed by atoms with E-state index in [1.54, 1.807) is 14.2 Å². The normalized spacial score (nSPS) is 7.68. The van der Waals surface area contributed by atoms with E-state index < -0.39 is 0 Å². The Morgan fingerprint density at radius 2 is 0.737 bits per heavy atom. The lowest BCUT2D eigenvalue weighted by atomic mass is 10.1. The molecule has 1 nitrogen and oxygen atoms in total. The van der Waals surface area contributed by atoms with E-state index in [1.165, 1.54) is 11.1 Å². The number of rotatable bonds is 1. The lowest BCUT2D eigenvalue weighted by Gasteiger charge is -1.98. The highest BCUT2D eigenvalue weighted by atomic mass is 16.4. The molecule has 2 rings (SSSR count). The van der Waals surface area contributed by atoms with Gasteiger partial charge in [-0.1, -0.05) is 88.4 Å². The maximum absolute atomic E-state index is 4.25. The summed E-state index contributed by atoms with van der Waals surface area (Å²) in [5, 5.41) is 0. The minimum atomic E-state index is 1.28. The van der Waals surface area contributed by atoms with Crippen molar-refractivity contribution in [3.8, 4) is 11.1 Å². The van der Waals surface area contributed by atoms with E-state index in [0.29, 0.717) is 0 Å². The first-order valence-electron chi connectivity index (χ1n) is 6.89. The molecule has 0 aliphatic carbocycles. The number of benzene rings is 2. The summed E-state index contributed by atoms with van der Waals surface area (Å²) < 4.78 is 4.25. The molecule has 0 radical (unpaired) electrons. The quantitative estimate of drug-likeness (QED) is 0.642. The van der Waals surface area contributed by atoms with Gasteiger partial charge in [0.1, 0.15) is 0 Å². The van der Waals surface area contributed by atoms with Crippen LogP contribution in [0.1, 0.15) is 27.7 Å². The second-order valence-corrected chi connectivity index (χ2v) is 3.14. The Morgan fingerprint density at radius 1 is 0.526 bits per heavy atom. The summed E-state index contributed by atoms with van der Waals surface area (Å²) in [5.41, 5.74) is 2.55. The van der Waals surface area contributed by atoms with Gasteiger partial charge in [-0.3, -0.25) is 0 Å². The Kier molecular flexibility index (Phi) is 17.0. The maximum Gasteiger partial charge on any atom is 0.0351 e. The van der Waals surface area contributed by atoms with Gasteiger partial charge in [0.25, 0.3) is 0 Å². The van der Waals surface area contributed by atoms with Crippen molar-refractivity contribution in [3.05, 3.63) is 60.7 Å². The molecule has 0 N–H and O–H groups in total. The highest BCUT2D eigenvalue weighted by Crippen LogP contribution is 2.17. The van der Waals surface area contributed by atoms with Crippen molar-refractivity contribution in [1.82, 2.24) is 0 Å². The summed E-state index contributed by atoms with van der Waals surface area (Å²) in [5.74, 6) is 0. The first kappa shape index (κ1) is 19.7. The van der Waals surface area contributed by atoms with Crippen molar-refractivity contribution in [2.45, 2.75) is 27.7 Å². The van der Waals surface area contributed by atoms with Crippen LogP contribution in [0.5, 0.6) is 0 Å². The number of methoxy groups -OCH3 is 1. The first-order valence-corrected chi connectivity index (χ1v) is 6.89. The molecule has 0 amide bonds. The molecule has 0 fully saturated rings. The van der Waals surface area contributed by atoms with Crippen molar-refractivity contribution in [2.24, 2.45) is 0 Å². The van der Waals surface area contributed by atoms with Crippen LogP contribution in [0.4, 0.5) is 0 Å². The van der Waals surface area contributed by atoms with Gasteiger partial charge in [0.2, 0.25) is 0 Å². The summed E-state index contributed by atoms with van der Waals surface area (Å²) >= 11 is 0. The summed E-state index contributed by atoms with van der Waals surface area (Å²) in [7, 11) is 3.25. The summed E-state index contributed by atoms with van der Waals surface area (Å²) in [6.45, 7) is 8.00. The van der Waals surface area contributed by atoms with Crippen LogP contribution in [0.3, 0.4) is 0 Å². The van der Waals surface area contributed by atoms with E-state index >= 15 is 0 Å². The van der Waals surface area contributed by atoms with Crippen LogP contribution in [0.25, 0.3) is 11.1 Å². The molecule has 0 atom stereocenters. The van der Waals surface area contributed by atoms with Gasteiger partial charge >= 0.3 is 0 Å². The van der Waals surface area contributed by atoms with Crippen molar-refractivity contribution in [3.63, 3.8) is 0 Å². The van der Waals surface area contributed by atoms with Crippen LogP contribution >= 0.6 is 0 Å². The lowest BCUT2D eigenvalue weighted by Crippen LogP contribution is -1.73. The fraction of sp³-hybridized carbons (Fsp3) is 0.333. The molecule has 0 bridgehead atoms. The minimum absolute atomic E-state index is 1.28. The molecule has 0 unspecified atom stereocenters. The van der Waals surface area contributed by atoms with E-state index in [-0.39, 0.29) is 0 Å². The van der Waals surface area contributed by atoms with Crippen LogP contribution in [0, 0.1) is 0 Å². The third-order valence-corrected chi connectivity index (χ3v) is 1.88. The third-order valence-electron chi connectivity index (χ3n) is 1.88. The molecule has 2 aromatic carbocycles. The van der Waals surface area contributed by atoms with Crippen LogP contribution in [0.2, 0.25) is 0 Å². The van der Waals surface area contributed by atoms with Gasteiger partial charge in [-0.15, -0.1) is 0 Å². The first-order chi connectivity index (χ1) is 9.38. The Bertz CT molecular complexity index is 316. The Labute approximate surface area is 119 Å². The molecule has 0 aromatic heterocycles. The molecular weight excluding hydrogens is 232 g/mol. The highest BCUT2D eigenvalue weighted by molar-refractivity contribution is 5.62. The summed E-state index contributed by atoms with van der Waals surface area (Å²) in [6.07, 6.45) is 0. The van der Waals surface area contributed by atoms with E-state index in [0.717, 1.165) is 0 Å². The average Bonchev–Trinajstić information content (AvgIpc) is 2.54. The van der Waals surface area contributed by atoms with Crippen LogP contribution in [0.15, 0.2) is 60.7 Å². The van der Waals surface area contributed by atoms with Gasteiger partial charge in [-0.25, -0.2) is 0 Å².